The predicted octanol–water partition coefficient (Wildman–Crippen LogP) is 4.81. The van der Waals surface area contributed by atoms with Crippen LogP contribution in [0.15, 0.2) is 35.3 Å². The van der Waals surface area contributed by atoms with Crippen molar-refractivity contribution in [3.63, 3.8) is 0 Å². The summed E-state index contributed by atoms with van der Waals surface area (Å²) in [5.74, 6) is 0.804. The van der Waals surface area contributed by atoms with E-state index in [2.05, 4.69) is 10.4 Å². The van der Waals surface area contributed by atoms with Gasteiger partial charge in [-0.25, -0.2) is 4.68 Å². The minimum atomic E-state index is -0.757. The number of halogens is 1. The second-order valence-corrected chi connectivity index (χ2v) is 10.3. The number of rotatable bonds is 7. The van der Waals surface area contributed by atoms with Crippen LogP contribution in [0, 0.1) is 17.3 Å². The first kappa shape index (κ1) is 21.3. The SMILES string of the molecule is CCOc1ccccc1Nc1cnn(C23C[C@H]4C[C@@H](CC(CC(=O)O)(C4)C2)C3)c(=O)c1Cl. The highest BCUT2D eigenvalue weighted by atomic mass is 35.5. The van der Waals surface area contributed by atoms with Gasteiger partial charge in [0.25, 0.3) is 5.56 Å². The molecular weight excluding hydrogens is 430 g/mol. The van der Waals surface area contributed by atoms with Gasteiger partial charge in [0.2, 0.25) is 0 Å². The third-order valence-electron chi connectivity index (χ3n) is 7.50. The number of benzene rings is 1. The van der Waals surface area contributed by atoms with Crippen LogP contribution in [0.5, 0.6) is 5.75 Å². The highest BCUT2D eigenvalue weighted by Gasteiger charge is 2.59. The lowest BCUT2D eigenvalue weighted by Crippen LogP contribution is -2.59. The number of carboxylic acids is 1. The number of aliphatic carboxylic acids is 1. The summed E-state index contributed by atoms with van der Waals surface area (Å²) in [6, 6.07) is 7.48. The molecule has 0 spiro atoms. The fraction of sp³-hybridized carbons (Fsp3) is 0.542. The van der Waals surface area contributed by atoms with Crippen molar-refractivity contribution in [1.29, 1.82) is 0 Å². The summed E-state index contributed by atoms with van der Waals surface area (Å²) in [5.41, 5.74) is 0.146. The Morgan fingerprint density at radius 3 is 2.66 bits per heavy atom. The van der Waals surface area contributed by atoms with E-state index in [0.29, 0.717) is 42.0 Å². The molecule has 0 radical (unpaired) electrons. The van der Waals surface area contributed by atoms with E-state index < -0.39 is 11.5 Å². The van der Waals surface area contributed by atoms with Gasteiger partial charge in [0.15, 0.2) is 0 Å². The Kier molecular flexibility index (Phi) is 5.19. The smallest absolute Gasteiger partial charge is 0.303 e. The normalized spacial score (nSPS) is 30.3. The van der Waals surface area contributed by atoms with E-state index in [-0.39, 0.29) is 22.4 Å². The molecule has 0 saturated heterocycles. The summed E-state index contributed by atoms with van der Waals surface area (Å²) in [5, 5.41) is 17.4. The monoisotopic (exact) mass is 457 g/mol. The quantitative estimate of drug-likeness (QED) is 0.619. The zero-order valence-corrected chi connectivity index (χ0v) is 18.9. The fourth-order valence-corrected chi connectivity index (χ4v) is 7.21. The van der Waals surface area contributed by atoms with Crippen molar-refractivity contribution in [3.8, 4) is 5.75 Å². The highest BCUT2D eigenvalue weighted by molar-refractivity contribution is 6.33. The van der Waals surface area contributed by atoms with Crippen LogP contribution in [0.2, 0.25) is 5.02 Å². The molecule has 4 aliphatic carbocycles. The maximum Gasteiger partial charge on any atom is 0.303 e. The molecule has 0 aliphatic heterocycles. The number of nitrogens with one attached hydrogen (secondary N) is 1. The number of ether oxygens (including phenoxy) is 1. The molecule has 1 aromatic carbocycles. The van der Waals surface area contributed by atoms with Gasteiger partial charge in [-0.2, -0.15) is 5.10 Å². The van der Waals surface area contributed by atoms with Crippen LogP contribution in [-0.2, 0) is 10.3 Å². The van der Waals surface area contributed by atoms with E-state index in [4.69, 9.17) is 16.3 Å². The molecule has 4 aliphatic rings. The van der Waals surface area contributed by atoms with Gasteiger partial charge in [0, 0.05) is 0 Å². The van der Waals surface area contributed by atoms with Crippen LogP contribution in [0.25, 0.3) is 0 Å². The molecule has 0 unspecified atom stereocenters. The lowest BCUT2D eigenvalue weighted by atomic mass is 9.46. The molecule has 170 valence electrons. The summed E-state index contributed by atoms with van der Waals surface area (Å²) in [6.45, 7) is 2.43. The first-order valence-electron chi connectivity index (χ1n) is 11.3. The third kappa shape index (κ3) is 3.56. The van der Waals surface area contributed by atoms with Gasteiger partial charge >= 0.3 is 5.97 Å². The molecule has 2 aromatic rings. The molecule has 4 fully saturated rings. The minimum absolute atomic E-state index is 0.0920. The predicted molar refractivity (Wildman–Crippen MR) is 122 cm³/mol. The zero-order valence-electron chi connectivity index (χ0n) is 18.1. The van der Waals surface area contributed by atoms with Crippen molar-refractivity contribution in [2.75, 3.05) is 11.9 Å². The maximum atomic E-state index is 13.4. The maximum absolute atomic E-state index is 13.4. The summed E-state index contributed by atoms with van der Waals surface area (Å²) in [4.78, 5) is 25.0. The first-order valence-corrected chi connectivity index (χ1v) is 11.7. The van der Waals surface area contributed by atoms with E-state index in [1.807, 2.05) is 31.2 Å². The molecule has 1 heterocycles. The molecule has 0 amide bonds. The molecule has 2 N–H and O–H groups in total. The van der Waals surface area contributed by atoms with Crippen molar-refractivity contribution in [2.45, 2.75) is 57.4 Å². The Labute approximate surface area is 191 Å². The average molecular weight is 458 g/mol. The minimum Gasteiger partial charge on any atom is -0.492 e. The number of aromatic nitrogens is 2. The summed E-state index contributed by atoms with van der Waals surface area (Å²) in [7, 11) is 0. The number of anilines is 2. The molecule has 32 heavy (non-hydrogen) atoms. The van der Waals surface area contributed by atoms with Crippen LogP contribution in [-0.4, -0.2) is 27.5 Å². The molecule has 8 heteroatoms. The number of carboxylic acid groups (broad SMARTS) is 1. The van der Waals surface area contributed by atoms with Crippen molar-refractivity contribution in [2.24, 2.45) is 17.3 Å². The number of hydrogen-bond acceptors (Lipinski definition) is 5. The molecular formula is C24H28ClN3O4. The number of hydrogen-bond donors (Lipinski definition) is 2. The Morgan fingerprint density at radius 1 is 1.25 bits per heavy atom. The Bertz CT molecular complexity index is 1100. The van der Waals surface area contributed by atoms with Crippen LogP contribution in [0.3, 0.4) is 0 Å². The van der Waals surface area contributed by atoms with E-state index in [1.165, 1.54) is 0 Å². The molecule has 6 rings (SSSR count). The topological polar surface area (TPSA) is 93.4 Å². The van der Waals surface area contributed by atoms with E-state index in [1.54, 1.807) is 10.9 Å². The summed E-state index contributed by atoms with van der Waals surface area (Å²) < 4.78 is 7.23. The second kappa shape index (κ2) is 7.80. The number of para-hydroxylation sites is 2. The Hall–Kier alpha value is -2.54. The van der Waals surface area contributed by atoms with Gasteiger partial charge in [-0.3, -0.25) is 9.59 Å². The lowest BCUT2D eigenvalue weighted by Gasteiger charge is -2.61. The van der Waals surface area contributed by atoms with Crippen molar-refractivity contribution >= 4 is 28.9 Å². The van der Waals surface area contributed by atoms with Gasteiger partial charge in [-0.1, -0.05) is 23.7 Å². The average Bonchev–Trinajstić information content (AvgIpc) is 2.71. The van der Waals surface area contributed by atoms with E-state index >= 15 is 0 Å². The van der Waals surface area contributed by atoms with Gasteiger partial charge < -0.3 is 15.2 Å². The Morgan fingerprint density at radius 2 is 1.97 bits per heavy atom. The standard InChI is InChI=1S/C24H28ClN3O4/c1-2-32-19-6-4-3-5-17(19)27-18-13-26-28(22(31)21(18)25)24-10-15-7-16(11-24)9-23(8-15,14-24)12-20(29)30/h3-6,13,15-16,27H,2,7-12,14H2,1H3,(H,29,30)/t15-,16-,23?,24?/m0/s1. The fourth-order valence-electron chi connectivity index (χ4n) is 7.03. The molecule has 4 saturated carbocycles. The van der Waals surface area contributed by atoms with Gasteiger partial charge in [-0.15, -0.1) is 0 Å². The largest absolute Gasteiger partial charge is 0.492 e. The third-order valence-corrected chi connectivity index (χ3v) is 7.87. The number of carbonyl (C=O) groups is 1. The first-order chi connectivity index (χ1) is 15.3. The van der Waals surface area contributed by atoms with Crippen molar-refractivity contribution < 1.29 is 14.6 Å². The van der Waals surface area contributed by atoms with Crippen LogP contribution >= 0.6 is 11.6 Å². The summed E-state index contributed by atoms with van der Waals surface area (Å²) in [6.07, 6.45) is 7.19. The Balaban J connectivity index is 1.49. The van der Waals surface area contributed by atoms with Gasteiger partial charge in [0.1, 0.15) is 10.8 Å². The van der Waals surface area contributed by atoms with Crippen LogP contribution < -0.4 is 15.6 Å². The zero-order chi connectivity index (χ0) is 22.5. The molecule has 7 nitrogen and oxygen atoms in total. The molecule has 1 aromatic heterocycles. The van der Waals surface area contributed by atoms with Gasteiger partial charge in [0.05, 0.1) is 36.1 Å². The molecule has 2 atom stereocenters. The number of nitrogens with zero attached hydrogens (tertiary/aromatic N) is 2. The lowest BCUT2D eigenvalue weighted by molar-refractivity contribution is -0.151. The summed E-state index contributed by atoms with van der Waals surface area (Å²) >= 11 is 6.57. The van der Waals surface area contributed by atoms with Crippen molar-refractivity contribution in [1.82, 2.24) is 9.78 Å². The van der Waals surface area contributed by atoms with Crippen LogP contribution in [0.1, 0.15) is 51.9 Å². The van der Waals surface area contributed by atoms with Crippen molar-refractivity contribution in [3.05, 3.63) is 45.8 Å². The second-order valence-electron chi connectivity index (χ2n) is 9.90. The van der Waals surface area contributed by atoms with E-state index in [9.17, 15) is 14.7 Å². The van der Waals surface area contributed by atoms with Crippen LogP contribution in [0.4, 0.5) is 11.4 Å². The van der Waals surface area contributed by atoms with Gasteiger partial charge in [-0.05, 0) is 74.8 Å². The highest BCUT2D eigenvalue weighted by Crippen LogP contribution is 2.65. The molecule has 4 bridgehead atoms. The van der Waals surface area contributed by atoms with E-state index in [0.717, 1.165) is 32.1 Å².